The van der Waals surface area contributed by atoms with Crippen molar-refractivity contribution < 1.29 is 23.9 Å². The van der Waals surface area contributed by atoms with Gasteiger partial charge in [-0.15, -0.1) is 0 Å². The summed E-state index contributed by atoms with van der Waals surface area (Å²) in [6, 6.07) is 15.3. The minimum atomic E-state index is -0.919. The van der Waals surface area contributed by atoms with Crippen molar-refractivity contribution in [1.29, 1.82) is 0 Å². The molecule has 2 saturated heterocycles. The molecule has 0 saturated carbocycles. The number of nitrogens with zero attached hydrogens (tertiary/aromatic N) is 2. The smallest absolute Gasteiger partial charge is 0.256 e. The Kier molecular flexibility index (Phi) is 7.17. The molecule has 4 rings (SSSR count). The van der Waals surface area contributed by atoms with Crippen LogP contribution in [0.15, 0.2) is 54.6 Å². The molecule has 2 aromatic carbocycles. The van der Waals surface area contributed by atoms with Gasteiger partial charge in [-0.2, -0.15) is 0 Å². The molecular weight excluding hydrogens is 434 g/mol. The number of rotatable bonds is 6. The summed E-state index contributed by atoms with van der Waals surface area (Å²) in [5.41, 5.74) is 0.174. The van der Waals surface area contributed by atoms with Crippen molar-refractivity contribution >= 4 is 17.7 Å². The molecule has 1 atom stereocenters. The molecule has 0 bridgehead atoms. The molecule has 2 aliphatic heterocycles. The third kappa shape index (κ3) is 4.63. The van der Waals surface area contributed by atoms with E-state index in [9.17, 15) is 14.4 Å². The van der Waals surface area contributed by atoms with Crippen LogP contribution < -0.4 is 10.1 Å². The predicted molar refractivity (Wildman–Crippen MR) is 127 cm³/mol. The molecule has 3 amide bonds. The average molecular weight is 466 g/mol. The Hall–Kier alpha value is -3.39. The number of methoxy groups -OCH3 is 1. The van der Waals surface area contributed by atoms with Gasteiger partial charge in [0.15, 0.2) is 0 Å². The normalized spacial score (nSPS) is 19.2. The number of nitrogens with one attached hydrogen (secondary N) is 1. The van der Waals surface area contributed by atoms with Crippen molar-refractivity contribution in [2.24, 2.45) is 0 Å². The first-order valence-corrected chi connectivity index (χ1v) is 11.7. The summed E-state index contributed by atoms with van der Waals surface area (Å²) in [5, 5.41) is 2.90. The molecule has 2 fully saturated rings. The van der Waals surface area contributed by atoms with E-state index in [-0.39, 0.29) is 24.3 Å². The van der Waals surface area contributed by atoms with E-state index in [1.807, 2.05) is 13.0 Å². The number of hydrogen-bond acceptors (Lipinski definition) is 5. The lowest BCUT2D eigenvalue weighted by molar-refractivity contribution is -0.128. The van der Waals surface area contributed by atoms with Crippen LogP contribution >= 0.6 is 0 Å². The first kappa shape index (κ1) is 23.8. The number of benzene rings is 2. The minimum absolute atomic E-state index is 0.0753. The lowest BCUT2D eigenvalue weighted by Crippen LogP contribution is -2.59. The lowest BCUT2D eigenvalue weighted by atomic mass is 9.96. The van der Waals surface area contributed by atoms with Gasteiger partial charge in [-0.25, -0.2) is 0 Å². The number of hydrogen-bond donors (Lipinski definition) is 1. The van der Waals surface area contributed by atoms with E-state index in [0.29, 0.717) is 49.4 Å². The Labute approximate surface area is 199 Å². The van der Waals surface area contributed by atoms with Crippen LogP contribution in [-0.4, -0.2) is 72.6 Å². The zero-order valence-corrected chi connectivity index (χ0v) is 19.7. The molecule has 0 radical (unpaired) electrons. The van der Waals surface area contributed by atoms with Gasteiger partial charge in [0, 0.05) is 43.6 Å². The molecule has 0 aliphatic carbocycles. The van der Waals surface area contributed by atoms with Crippen LogP contribution in [0.25, 0.3) is 0 Å². The van der Waals surface area contributed by atoms with Crippen LogP contribution in [0.3, 0.4) is 0 Å². The maximum Gasteiger partial charge on any atom is 0.256 e. The van der Waals surface area contributed by atoms with Crippen molar-refractivity contribution in [1.82, 2.24) is 15.1 Å². The summed E-state index contributed by atoms with van der Waals surface area (Å²) in [7, 11) is 1.58. The number of ether oxygens (including phenoxy) is 2. The molecule has 0 aromatic heterocycles. The van der Waals surface area contributed by atoms with Crippen LogP contribution in [0.2, 0.25) is 0 Å². The molecule has 34 heavy (non-hydrogen) atoms. The van der Waals surface area contributed by atoms with E-state index in [1.165, 1.54) is 0 Å². The van der Waals surface area contributed by atoms with E-state index < -0.39 is 11.8 Å². The van der Waals surface area contributed by atoms with Crippen LogP contribution in [0, 0.1) is 0 Å². The molecular formula is C26H31N3O5. The van der Waals surface area contributed by atoms with Crippen LogP contribution in [0.4, 0.5) is 0 Å². The Morgan fingerprint density at radius 1 is 1.00 bits per heavy atom. The highest BCUT2D eigenvalue weighted by Gasteiger charge is 2.54. The number of carbonyl (C=O) groups excluding carboxylic acids is 3. The van der Waals surface area contributed by atoms with E-state index in [1.54, 1.807) is 65.4 Å². The van der Waals surface area contributed by atoms with Crippen molar-refractivity contribution in [3.63, 3.8) is 0 Å². The first-order valence-electron chi connectivity index (χ1n) is 11.7. The van der Waals surface area contributed by atoms with E-state index >= 15 is 0 Å². The molecule has 1 N–H and O–H groups in total. The summed E-state index contributed by atoms with van der Waals surface area (Å²) in [4.78, 5) is 42.9. The molecule has 8 heteroatoms. The number of carbonyl (C=O) groups is 3. The van der Waals surface area contributed by atoms with E-state index in [2.05, 4.69) is 5.32 Å². The maximum atomic E-state index is 13.6. The Bertz CT molecular complexity index is 1020. The second-order valence-electron chi connectivity index (χ2n) is 8.63. The van der Waals surface area contributed by atoms with Gasteiger partial charge in [-0.1, -0.05) is 25.1 Å². The van der Waals surface area contributed by atoms with Gasteiger partial charge in [0.05, 0.1) is 13.7 Å². The third-order valence-electron chi connectivity index (χ3n) is 6.52. The highest BCUT2D eigenvalue weighted by molar-refractivity contribution is 5.98. The van der Waals surface area contributed by atoms with Crippen LogP contribution in [-0.2, 0) is 9.53 Å². The highest BCUT2D eigenvalue weighted by atomic mass is 16.5. The zero-order valence-electron chi connectivity index (χ0n) is 19.7. The number of piperidine rings is 1. The molecule has 8 nitrogen and oxygen atoms in total. The second kappa shape index (κ2) is 10.3. The van der Waals surface area contributed by atoms with Gasteiger partial charge in [0.1, 0.15) is 17.5 Å². The Morgan fingerprint density at radius 2 is 1.65 bits per heavy atom. The van der Waals surface area contributed by atoms with Crippen molar-refractivity contribution in [3.8, 4) is 5.75 Å². The fraction of sp³-hybridized carbons (Fsp3) is 0.423. The molecule has 1 unspecified atom stereocenters. The quantitative estimate of drug-likeness (QED) is 0.709. The van der Waals surface area contributed by atoms with Gasteiger partial charge in [0.25, 0.3) is 11.8 Å². The molecule has 2 heterocycles. The largest absolute Gasteiger partial charge is 0.497 e. The monoisotopic (exact) mass is 465 g/mol. The van der Waals surface area contributed by atoms with Crippen molar-refractivity contribution in [2.45, 2.75) is 38.0 Å². The zero-order chi connectivity index (χ0) is 24.1. The summed E-state index contributed by atoms with van der Waals surface area (Å²) in [6.07, 6.45) is 1.68. The summed E-state index contributed by atoms with van der Waals surface area (Å²) in [5.74, 6) is 0.175. The van der Waals surface area contributed by atoms with Gasteiger partial charge < -0.3 is 19.7 Å². The summed E-state index contributed by atoms with van der Waals surface area (Å²) < 4.78 is 11.4. The van der Waals surface area contributed by atoms with E-state index in [0.717, 1.165) is 6.42 Å². The summed E-state index contributed by atoms with van der Waals surface area (Å²) in [6.45, 7) is 3.51. The SMILES string of the molecule is CCCNC(=O)C1COC2(CCN(C(=O)c3ccc(OC)cc3)CC2)N1C(=O)c1ccccc1. The maximum absolute atomic E-state index is 13.6. The Morgan fingerprint density at radius 3 is 2.26 bits per heavy atom. The first-order chi connectivity index (χ1) is 16.5. The standard InChI is InChI=1S/C26H31N3O5/c1-3-15-27-23(30)22-18-34-26(29(22)25(32)19-7-5-4-6-8-19)13-16-28(17-14-26)24(31)20-9-11-21(33-2)12-10-20/h4-12,22H,3,13-18H2,1-2H3,(H,27,30). The van der Waals surface area contributed by atoms with E-state index in [4.69, 9.17) is 9.47 Å². The number of likely N-dealkylation sites (tertiary alicyclic amines) is 1. The van der Waals surface area contributed by atoms with Gasteiger partial charge >= 0.3 is 0 Å². The van der Waals surface area contributed by atoms with Gasteiger partial charge in [-0.3, -0.25) is 19.3 Å². The fourth-order valence-electron chi connectivity index (χ4n) is 4.63. The fourth-order valence-corrected chi connectivity index (χ4v) is 4.63. The van der Waals surface area contributed by atoms with Gasteiger partial charge in [0.2, 0.25) is 5.91 Å². The minimum Gasteiger partial charge on any atom is -0.497 e. The highest BCUT2D eigenvalue weighted by Crippen LogP contribution is 2.38. The topological polar surface area (TPSA) is 88.2 Å². The molecule has 1 spiro atoms. The molecule has 2 aromatic rings. The van der Waals surface area contributed by atoms with Gasteiger partial charge in [-0.05, 0) is 42.8 Å². The summed E-state index contributed by atoms with van der Waals surface area (Å²) >= 11 is 0. The third-order valence-corrected chi connectivity index (χ3v) is 6.52. The number of amides is 3. The van der Waals surface area contributed by atoms with Crippen LogP contribution in [0.1, 0.15) is 46.9 Å². The van der Waals surface area contributed by atoms with Crippen LogP contribution in [0.5, 0.6) is 5.75 Å². The second-order valence-corrected chi connectivity index (χ2v) is 8.63. The van der Waals surface area contributed by atoms with Crippen molar-refractivity contribution in [3.05, 3.63) is 65.7 Å². The lowest BCUT2D eigenvalue weighted by Gasteiger charge is -2.44. The average Bonchev–Trinajstić information content (AvgIpc) is 3.25. The Balaban J connectivity index is 1.53. The predicted octanol–water partition coefficient (Wildman–Crippen LogP) is 2.69. The molecule has 2 aliphatic rings. The van der Waals surface area contributed by atoms with Crippen molar-refractivity contribution in [2.75, 3.05) is 33.4 Å². The molecule has 180 valence electrons.